The van der Waals surface area contributed by atoms with E-state index in [1.54, 1.807) is 0 Å². The molecule has 0 aliphatic heterocycles. The van der Waals surface area contributed by atoms with Gasteiger partial charge in [-0.05, 0) is 31.5 Å². The van der Waals surface area contributed by atoms with Crippen molar-refractivity contribution < 1.29 is 14.6 Å². The van der Waals surface area contributed by atoms with E-state index in [0.717, 1.165) is 0 Å². The summed E-state index contributed by atoms with van der Waals surface area (Å²) in [7, 11) is 0. The van der Waals surface area contributed by atoms with E-state index in [4.69, 9.17) is 11.6 Å². The smallest absolute Gasteiger partial charge is 0.124 e. The van der Waals surface area contributed by atoms with E-state index < -0.39 is 17.5 Å². The predicted molar refractivity (Wildman–Crippen MR) is 57.4 cm³/mol. The molecule has 0 spiro atoms. The van der Waals surface area contributed by atoms with Crippen LogP contribution < -0.4 is 0 Å². The quantitative estimate of drug-likeness (QED) is 0.839. The Morgan fingerprint density at radius 1 is 1.47 bits per heavy atom. The molecule has 0 bridgehead atoms. The molecule has 0 aliphatic rings. The summed E-state index contributed by atoms with van der Waals surface area (Å²) in [5.74, 6) is -0.415. The molecule has 4 heteroatoms. The van der Waals surface area contributed by atoms with Crippen molar-refractivity contribution in [1.82, 2.24) is 0 Å². The van der Waals surface area contributed by atoms with Gasteiger partial charge in [-0.2, -0.15) is 0 Å². The molecule has 1 aromatic rings. The van der Waals surface area contributed by atoms with Gasteiger partial charge >= 0.3 is 0 Å². The Hall–Kier alpha value is -0.640. The number of benzene rings is 1. The first-order valence-electron chi connectivity index (χ1n) is 4.65. The first-order chi connectivity index (χ1) is 6.80. The van der Waals surface area contributed by atoms with E-state index in [-0.39, 0.29) is 11.4 Å². The SMILES string of the molecule is CC(C)(O)C(O)Cc1ccc(F)cc1Cl. The van der Waals surface area contributed by atoms with Gasteiger partial charge in [0, 0.05) is 11.4 Å². The van der Waals surface area contributed by atoms with Gasteiger partial charge in [0.15, 0.2) is 0 Å². The maximum Gasteiger partial charge on any atom is 0.124 e. The van der Waals surface area contributed by atoms with E-state index in [9.17, 15) is 14.6 Å². The van der Waals surface area contributed by atoms with E-state index in [2.05, 4.69) is 0 Å². The normalized spacial score (nSPS) is 14.0. The maximum atomic E-state index is 12.7. The number of rotatable bonds is 3. The van der Waals surface area contributed by atoms with Crippen LogP contribution in [0.3, 0.4) is 0 Å². The van der Waals surface area contributed by atoms with Crippen LogP contribution >= 0.6 is 11.6 Å². The van der Waals surface area contributed by atoms with Crippen LogP contribution in [0.2, 0.25) is 5.02 Å². The topological polar surface area (TPSA) is 40.5 Å². The average molecular weight is 233 g/mol. The molecule has 0 fully saturated rings. The van der Waals surface area contributed by atoms with Gasteiger partial charge in [-0.25, -0.2) is 4.39 Å². The third-order valence-electron chi connectivity index (χ3n) is 2.24. The zero-order chi connectivity index (χ0) is 11.6. The molecule has 0 aliphatic carbocycles. The molecule has 84 valence electrons. The van der Waals surface area contributed by atoms with Crippen molar-refractivity contribution in [3.8, 4) is 0 Å². The fraction of sp³-hybridized carbons (Fsp3) is 0.455. The molecule has 2 N–H and O–H groups in total. The molecule has 0 heterocycles. The Morgan fingerprint density at radius 2 is 2.07 bits per heavy atom. The van der Waals surface area contributed by atoms with E-state index in [0.29, 0.717) is 5.56 Å². The van der Waals surface area contributed by atoms with E-state index in [1.807, 2.05) is 0 Å². The Kier molecular flexibility index (Phi) is 3.71. The van der Waals surface area contributed by atoms with Crippen LogP contribution in [0.25, 0.3) is 0 Å². The molecule has 2 nitrogen and oxygen atoms in total. The minimum absolute atomic E-state index is 0.197. The molecule has 1 aromatic carbocycles. The van der Waals surface area contributed by atoms with Gasteiger partial charge in [-0.15, -0.1) is 0 Å². The number of halogens is 2. The highest BCUT2D eigenvalue weighted by atomic mass is 35.5. The Balaban J connectivity index is 2.82. The number of aliphatic hydroxyl groups is 2. The molecule has 0 radical (unpaired) electrons. The highest BCUT2D eigenvalue weighted by Gasteiger charge is 2.25. The third kappa shape index (κ3) is 3.45. The lowest BCUT2D eigenvalue weighted by Gasteiger charge is -2.24. The molecular formula is C11H14ClFO2. The van der Waals surface area contributed by atoms with Crippen LogP contribution in [0, 0.1) is 5.82 Å². The van der Waals surface area contributed by atoms with Crippen molar-refractivity contribution in [3.05, 3.63) is 34.6 Å². The van der Waals surface area contributed by atoms with Crippen molar-refractivity contribution >= 4 is 11.6 Å². The Morgan fingerprint density at radius 3 is 2.53 bits per heavy atom. The van der Waals surface area contributed by atoms with Gasteiger partial charge in [0.25, 0.3) is 0 Å². The summed E-state index contributed by atoms with van der Waals surface area (Å²) >= 11 is 5.79. The van der Waals surface area contributed by atoms with Crippen LogP contribution in [0.1, 0.15) is 19.4 Å². The number of hydrogen-bond acceptors (Lipinski definition) is 2. The third-order valence-corrected chi connectivity index (χ3v) is 2.60. The summed E-state index contributed by atoms with van der Waals surface area (Å²) in [5, 5.41) is 19.4. The lowest BCUT2D eigenvalue weighted by Crippen LogP contribution is -2.37. The van der Waals surface area contributed by atoms with Gasteiger partial charge in [-0.3, -0.25) is 0 Å². The fourth-order valence-electron chi connectivity index (χ4n) is 1.15. The summed E-state index contributed by atoms with van der Waals surface area (Å²) in [5.41, 5.74) is -0.578. The minimum atomic E-state index is -1.20. The predicted octanol–water partition coefficient (Wildman–Crippen LogP) is 2.15. The first-order valence-corrected chi connectivity index (χ1v) is 5.03. The van der Waals surface area contributed by atoms with Crippen molar-refractivity contribution in [1.29, 1.82) is 0 Å². The van der Waals surface area contributed by atoms with Gasteiger partial charge in [0.1, 0.15) is 5.82 Å². The van der Waals surface area contributed by atoms with Gasteiger partial charge in [-0.1, -0.05) is 17.7 Å². The van der Waals surface area contributed by atoms with Gasteiger partial charge in [0.2, 0.25) is 0 Å². The van der Waals surface area contributed by atoms with E-state index in [1.165, 1.54) is 32.0 Å². The molecule has 0 saturated heterocycles. The lowest BCUT2D eigenvalue weighted by molar-refractivity contribution is -0.0469. The highest BCUT2D eigenvalue weighted by molar-refractivity contribution is 6.31. The van der Waals surface area contributed by atoms with Crippen molar-refractivity contribution in [2.24, 2.45) is 0 Å². The molecular weight excluding hydrogens is 219 g/mol. The summed E-state index contributed by atoms with van der Waals surface area (Å²) in [6, 6.07) is 3.97. The summed E-state index contributed by atoms with van der Waals surface area (Å²) < 4.78 is 12.7. The van der Waals surface area contributed by atoms with Crippen LogP contribution in [0.4, 0.5) is 4.39 Å². The molecule has 15 heavy (non-hydrogen) atoms. The fourth-order valence-corrected chi connectivity index (χ4v) is 1.39. The molecule has 0 saturated carbocycles. The first kappa shape index (κ1) is 12.4. The van der Waals surface area contributed by atoms with Gasteiger partial charge < -0.3 is 10.2 Å². The minimum Gasteiger partial charge on any atom is -0.390 e. The monoisotopic (exact) mass is 232 g/mol. The van der Waals surface area contributed by atoms with E-state index >= 15 is 0 Å². The second-order valence-corrected chi connectivity index (χ2v) is 4.52. The zero-order valence-corrected chi connectivity index (χ0v) is 9.42. The van der Waals surface area contributed by atoms with Crippen LogP contribution in [0.15, 0.2) is 18.2 Å². The van der Waals surface area contributed by atoms with Crippen LogP contribution in [0.5, 0.6) is 0 Å². The van der Waals surface area contributed by atoms with Crippen molar-refractivity contribution in [2.75, 3.05) is 0 Å². The van der Waals surface area contributed by atoms with Crippen LogP contribution in [-0.4, -0.2) is 21.9 Å². The summed E-state index contributed by atoms with van der Waals surface area (Å²) in [6.07, 6.45) is -0.733. The Bertz CT molecular complexity index is 347. The van der Waals surface area contributed by atoms with Gasteiger partial charge in [0.05, 0.1) is 11.7 Å². The molecule has 1 unspecified atom stereocenters. The Labute approximate surface area is 93.3 Å². The lowest BCUT2D eigenvalue weighted by atomic mass is 9.95. The second-order valence-electron chi connectivity index (χ2n) is 4.11. The molecule has 0 amide bonds. The summed E-state index contributed by atoms with van der Waals surface area (Å²) in [4.78, 5) is 0. The standard InChI is InChI=1S/C11H14ClFO2/c1-11(2,15)10(14)5-7-3-4-8(13)6-9(7)12/h3-4,6,10,14-15H,5H2,1-2H3. The highest BCUT2D eigenvalue weighted by Crippen LogP contribution is 2.21. The maximum absolute atomic E-state index is 12.7. The molecule has 1 atom stereocenters. The van der Waals surface area contributed by atoms with Crippen molar-refractivity contribution in [2.45, 2.75) is 32.0 Å². The average Bonchev–Trinajstić information content (AvgIpc) is 2.08. The van der Waals surface area contributed by atoms with Crippen LogP contribution in [-0.2, 0) is 6.42 Å². The molecule has 1 rings (SSSR count). The largest absolute Gasteiger partial charge is 0.390 e. The number of aliphatic hydroxyl groups excluding tert-OH is 1. The number of hydrogen-bond donors (Lipinski definition) is 2. The van der Waals surface area contributed by atoms with Crippen molar-refractivity contribution in [3.63, 3.8) is 0 Å². The zero-order valence-electron chi connectivity index (χ0n) is 8.67. The summed E-state index contributed by atoms with van der Waals surface area (Å²) in [6.45, 7) is 3.02. The second kappa shape index (κ2) is 4.47. The molecule has 0 aromatic heterocycles.